The van der Waals surface area contributed by atoms with Crippen molar-refractivity contribution in [3.63, 3.8) is 0 Å². The molecule has 0 radical (unpaired) electrons. The predicted octanol–water partition coefficient (Wildman–Crippen LogP) is -3.14. The summed E-state index contributed by atoms with van der Waals surface area (Å²) in [4.78, 5) is 10.6. The first-order valence-electron chi connectivity index (χ1n) is 3.77. The van der Waals surface area contributed by atoms with E-state index in [-0.39, 0.29) is 60.5 Å². The normalized spacial score (nSPS) is 26.4. The number of rotatable bonds is 1. The van der Waals surface area contributed by atoms with Crippen molar-refractivity contribution in [1.82, 2.24) is 0 Å². The molecule has 7 nitrogen and oxygen atoms in total. The molecule has 0 fully saturated rings. The third-order valence-corrected chi connectivity index (χ3v) is 6.07. The van der Waals surface area contributed by atoms with Gasteiger partial charge in [0.25, 0.3) is 0 Å². The molecule has 1 heterocycles. The minimum absolute atomic E-state index is 0. The number of benzene rings is 1. The van der Waals surface area contributed by atoms with Gasteiger partial charge in [0.1, 0.15) is 0 Å². The fourth-order valence-corrected chi connectivity index (χ4v) is 4.41. The van der Waals surface area contributed by atoms with Crippen LogP contribution in [0.2, 0.25) is 0 Å². The van der Waals surface area contributed by atoms with E-state index < -0.39 is 40.2 Å². The van der Waals surface area contributed by atoms with Crippen molar-refractivity contribution in [3.05, 3.63) is 27.3 Å². The topological polar surface area (TPSA) is 121 Å². The van der Waals surface area contributed by atoms with Gasteiger partial charge in [0.05, 0.1) is 0 Å². The summed E-state index contributed by atoms with van der Waals surface area (Å²) in [5.74, 6) is -1.12. The van der Waals surface area contributed by atoms with Gasteiger partial charge in [0.2, 0.25) is 0 Å². The number of fused-ring (bicyclic) bond motifs is 1. The van der Waals surface area contributed by atoms with Crippen LogP contribution in [0, 0.1) is 3.57 Å². The molecule has 0 spiro atoms. The summed E-state index contributed by atoms with van der Waals surface area (Å²) >= 11 is -5.17. The zero-order valence-corrected chi connectivity index (χ0v) is 14.5. The van der Waals surface area contributed by atoms with Gasteiger partial charge in [-0.15, -0.1) is 0 Å². The molecule has 0 saturated carbocycles. The second-order valence-electron chi connectivity index (χ2n) is 2.90. The Bertz CT molecular complexity index is 638. The van der Waals surface area contributed by atoms with Gasteiger partial charge in [-0.25, -0.2) is 0 Å². The Morgan fingerprint density at radius 1 is 1.35 bits per heavy atom. The SMILES string of the molecule is O=C1OI(=O)([O-])c2ccc(S(=O)(=O)O)cc21.[K+]. The molecule has 0 bridgehead atoms. The van der Waals surface area contributed by atoms with Crippen molar-refractivity contribution in [2.45, 2.75) is 4.90 Å². The fraction of sp³-hybridized carbons (Fsp3) is 0. The molecule has 0 saturated heterocycles. The summed E-state index contributed by atoms with van der Waals surface area (Å²) in [6.07, 6.45) is 0. The van der Waals surface area contributed by atoms with E-state index in [9.17, 15) is 19.7 Å². The molecule has 1 aliphatic rings. The van der Waals surface area contributed by atoms with Crippen molar-refractivity contribution in [2.75, 3.05) is 0 Å². The molecule has 17 heavy (non-hydrogen) atoms. The van der Waals surface area contributed by atoms with Crippen molar-refractivity contribution >= 4 is 35.3 Å². The molecule has 1 aromatic carbocycles. The second kappa shape index (κ2) is 5.01. The molecule has 2 rings (SSSR count). The standard InChI is InChI=1S/C7H5IO7S.K/c9-7-5-3-4(16(12,13)14)1-2-6(5)8(10,11)15-7;/h1-3H,(H,10,11)(H,12,13,14);/q;+1/p-1. The van der Waals surface area contributed by atoms with Crippen LogP contribution in [0.1, 0.15) is 10.4 Å². The average molecular weight is 398 g/mol. The Morgan fingerprint density at radius 2 is 1.94 bits per heavy atom. The maximum atomic E-state index is 11.3. The molecule has 1 aliphatic heterocycles. The van der Waals surface area contributed by atoms with Crippen LogP contribution in [-0.4, -0.2) is 18.9 Å². The Balaban J connectivity index is 0.00000144. The molecule has 1 atom stereocenters. The first-order valence-corrected chi connectivity index (χ1v) is 8.93. The Labute approximate surface area is 144 Å². The molecular formula is C7H4IKO7S. The van der Waals surface area contributed by atoms with Gasteiger partial charge >= 0.3 is 146 Å². The summed E-state index contributed by atoms with van der Waals surface area (Å²) in [5.41, 5.74) is -0.364. The predicted molar refractivity (Wildman–Crippen MR) is 55.1 cm³/mol. The van der Waals surface area contributed by atoms with Crippen LogP contribution >= 0.6 is 19.3 Å². The molecule has 10 heteroatoms. The minimum Gasteiger partial charge on any atom is 1.00 e. The number of hydrogen-bond donors (Lipinski definition) is 1. The number of hydrogen-bond acceptors (Lipinski definition) is 6. The van der Waals surface area contributed by atoms with Gasteiger partial charge < -0.3 is 0 Å². The van der Waals surface area contributed by atoms with E-state index in [0.717, 1.165) is 18.2 Å². The zero-order chi connectivity index (χ0) is 12.1. The molecule has 0 aliphatic carbocycles. The number of halogens is 1. The van der Waals surface area contributed by atoms with Crippen LogP contribution in [0.4, 0.5) is 0 Å². The Kier molecular flexibility index (Phi) is 4.65. The molecular weight excluding hydrogens is 394 g/mol. The minimum atomic E-state index is -5.17. The number of carbonyl (C=O) groups is 1. The summed E-state index contributed by atoms with van der Waals surface area (Å²) in [6, 6.07) is 2.60. The summed E-state index contributed by atoms with van der Waals surface area (Å²) in [5, 5.41) is 0. The molecule has 1 N–H and O–H groups in total. The molecule has 88 valence electrons. The maximum Gasteiger partial charge on any atom is 1.00 e. The van der Waals surface area contributed by atoms with Gasteiger partial charge in [0, 0.05) is 0 Å². The summed E-state index contributed by atoms with van der Waals surface area (Å²) < 4.78 is 56.6. The van der Waals surface area contributed by atoms with Crippen molar-refractivity contribution < 1.29 is 78.7 Å². The van der Waals surface area contributed by atoms with E-state index in [1.807, 2.05) is 0 Å². The monoisotopic (exact) mass is 398 g/mol. The van der Waals surface area contributed by atoms with Crippen LogP contribution in [0.25, 0.3) is 0 Å². The first kappa shape index (κ1) is 15.8. The van der Waals surface area contributed by atoms with Crippen LogP contribution in [-0.2, 0) is 16.3 Å². The van der Waals surface area contributed by atoms with E-state index in [2.05, 4.69) is 3.07 Å². The molecule has 0 amide bonds. The van der Waals surface area contributed by atoms with Crippen molar-refractivity contribution in [3.8, 4) is 0 Å². The van der Waals surface area contributed by atoms with Crippen LogP contribution < -0.4 is 54.8 Å². The van der Waals surface area contributed by atoms with E-state index in [1.54, 1.807) is 0 Å². The smallest absolute Gasteiger partial charge is 1.00 e. The van der Waals surface area contributed by atoms with Crippen LogP contribution in [0.15, 0.2) is 23.1 Å². The first-order chi connectivity index (χ1) is 7.22. The van der Waals surface area contributed by atoms with E-state index >= 15 is 0 Å². The van der Waals surface area contributed by atoms with Gasteiger partial charge in [0.15, 0.2) is 0 Å². The molecule has 1 unspecified atom stereocenters. The van der Waals surface area contributed by atoms with Crippen molar-refractivity contribution in [2.24, 2.45) is 0 Å². The van der Waals surface area contributed by atoms with E-state index in [4.69, 9.17) is 4.55 Å². The summed E-state index contributed by atoms with van der Waals surface area (Å²) in [7, 11) is -4.48. The van der Waals surface area contributed by atoms with Crippen molar-refractivity contribution in [1.29, 1.82) is 0 Å². The van der Waals surface area contributed by atoms with E-state index in [1.165, 1.54) is 0 Å². The Hall–Kier alpha value is 0.726. The summed E-state index contributed by atoms with van der Waals surface area (Å²) in [6.45, 7) is 0. The Morgan fingerprint density at radius 3 is 2.47 bits per heavy atom. The van der Waals surface area contributed by atoms with Gasteiger partial charge in [-0.05, 0) is 0 Å². The van der Waals surface area contributed by atoms with Crippen LogP contribution in [0.3, 0.4) is 0 Å². The third-order valence-electron chi connectivity index (χ3n) is 1.88. The fourth-order valence-electron chi connectivity index (χ4n) is 1.20. The third kappa shape index (κ3) is 3.01. The second-order valence-corrected chi connectivity index (χ2v) is 8.33. The largest absolute Gasteiger partial charge is 1.00 e. The van der Waals surface area contributed by atoms with Gasteiger partial charge in [-0.2, -0.15) is 0 Å². The maximum absolute atomic E-state index is 11.3. The van der Waals surface area contributed by atoms with Gasteiger partial charge in [-0.1, -0.05) is 0 Å². The van der Waals surface area contributed by atoms with Crippen LogP contribution in [0.5, 0.6) is 0 Å². The average Bonchev–Trinajstić information content (AvgIpc) is 2.36. The van der Waals surface area contributed by atoms with Gasteiger partial charge in [-0.3, -0.25) is 0 Å². The number of carbonyl (C=O) groups excluding carboxylic acids is 1. The quantitative estimate of drug-likeness (QED) is 0.302. The zero-order valence-electron chi connectivity index (χ0n) is 8.41. The molecule has 1 aromatic rings. The van der Waals surface area contributed by atoms with E-state index in [0.29, 0.717) is 0 Å². The molecule has 0 aromatic heterocycles.